The third kappa shape index (κ3) is 2.67. The zero-order chi connectivity index (χ0) is 8.81. The lowest BCUT2D eigenvalue weighted by Gasteiger charge is -1.95. The fourth-order valence-corrected chi connectivity index (χ4v) is 1.29. The van der Waals surface area contributed by atoms with Gasteiger partial charge >= 0.3 is 0 Å². The highest BCUT2D eigenvalue weighted by Gasteiger charge is 1.91. The standard InChI is InChI=1S/C11H11Br/c1-2-3-9-11(12)10-7-5-4-6-8-10/h2-9H,1H3. The maximum atomic E-state index is 3.50. The summed E-state index contributed by atoms with van der Waals surface area (Å²) in [5.74, 6) is 0. The molecule has 0 amide bonds. The molecule has 0 aromatic heterocycles. The first kappa shape index (κ1) is 9.27. The van der Waals surface area contributed by atoms with E-state index in [1.54, 1.807) is 0 Å². The first-order chi connectivity index (χ1) is 5.84. The Morgan fingerprint density at radius 3 is 2.50 bits per heavy atom. The van der Waals surface area contributed by atoms with Gasteiger partial charge in [-0.2, -0.15) is 0 Å². The summed E-state index contributed by atoms with van der Waals surface area (Å²) in [5, 5.41) is 0. The highest BCUT2D eigenvalue weighted by atomic mass is 79.9. The van der Waals surface area contributed by atoms with Gasteiger partial charge < -0.3 is 0 Å². The van der Waals surface area contributed by atoms with Crippen molar-refractivity contribution in [1.29, 1.82) is 0 Å². The molecule has 0 radical (unpaired) electrons. The largest absolute Gasteiger partial charge is 0.0876 e. The second-order valence-corrected chi connectivity index (χ2v) is 3.26. The summed E-state index contributed by atoms with van der Waals surface area (Å²) >= 11 is 3.50. The molecule has 0 saturated heterocycles. The van der Waals surface area contributed by atoms with Crippen molar-refractivity contribution >= 4 is 20.4 Å². The average Bonchev–Trinajstić information content (AvgIpc) is 2.15. The highest BCUT2D eigenvalue weighted by molar-refractivity contribution is 9.15. The fraction of sp³-hybridized carbons (Fsp3) is 0.0909. The van der Waals surface area contributed by atoms with Crippen LogP contribution in [-0.2, 0) is 0 Å². The number of halogens is 1. The van der Waals surface area contributed by atoms with E-state index in [-0.39, 0.29) is 0 Å². The Balaban J connectivity index is 2.85. The van der Waals surface area contributed by atoms with E-state index < -0.39 is 0 Å². The molecule has 62 valence electrons. The molecule has 0 atom stereocenters. The van der Waals surface area contributed by atoms with Crippen LogP contribution in [0.1, 0.15) is 12.5 Å². The van der Waals surface area contributed by atoms with Gasteiger partial charge in [0.1, 0.15) is 0 Å². The van der Waals surface area contributed by atoms with Crippen LogP contribution in [0.5, 0.6) is 0 Å². The van der Waals surface area contributed by atoms with Gasteiger partial charge in [0.15, 0.2) is 0 Å². The van der Waals surface area contributed by atoms with Crippen LogP contribution < -0.4 is 0 Å². The number of benzene rings is 1. The summed E-state index contributed by atoms with van der Waals surface area (Å²) < 4.78 is 1.11. The van der Waals surface area contributed by atoms with E-state index in [9.17, 15) is 0 Å². The Morgan fingerprint density at radius 1 is 1.25 bits per heavy atom. The van der Waals surface area contributed by atoms with Gasteiger partial charge in [0.2, 0.25) is 0 Å². The Bertz CT molecular complexity index is 283. The topological polar surface area (TPSA) is 0 Å². The monoisotopic (exact) mass is 222 g/mol. The van der Waals surface area contributed by atoms with E-state index in [0.29, 0.717) is 0 Å². The summed E-state index contributed by atoms with van der Waals surface area (Å²) in [6.45, 7) is 2.00. The maximum Gasteiger partial charge on any atom is 0.0247 e. The van der Waals surface area contributed by atoms with Crippen LogP contribution in [0.2, 0.25) is 0 Å². The molecule has 12 heavy (non-hydrogen) atoms. The minimum atomic E-state index is 1.11. The smallest absolute Gasteiger partial charge is 0.0247 e. The molecule has 1 aromatic rings. The molecule has 1 heteroatoms. The second-order valence-electron chi connectivity index (χ2n) is 2.41. The molecular weight excluding hydrogens is 212 g/mol. The van der Waals surface area contributed by atoms with Crippen LogP contribution in [0.25, 0.3) is 4.48 Å². The first-order valence-electron chi connectivity index (χ1n) is 3.88. The van der Waals surface area contributed by atoms with Gasteiger partial charge in [-0.1, -0.05) is 58.4 Å². The van der Waals surface area contributed by atoms with Crippen molar-refractivity contribution in [1.82, 2.24) is 0 Å². The second kappa shape index (κ2) is 4.94. The van der Waals surface area contributed by atoms with Gasteiger partial charge in [0.25, 0.3) is 0 Å². The van der Waals surface area contributed by atoms with Crippen molar-refractivity contribution in [3.05, 3.63) is 54.1 Å². The Kier molecular flexibility index (Phi) is 3.81. The van der Waals surface area contributed by atoms with Gasteiger partial charge in [-0.25, -0.2) is 0 Å². The zero-order valence-corrected chi connectivity index (χ0v) is 8.58. The fourth-order valence-electron chi connectivity index (χ4n) is 0.874. The molecule has 0 aliphatic carbocycles. The predicted octanol–water partition coefficient (Wildman–Crippen LogP) is 4.00. The first-order valence-corrected chi connectivity index (χ1v) is 4.68. The lowest BCUT2D eigenvalue weighted by atomic mass is 10.2. The van der Waals surface area contributed by atoms with Crippen molar-refractivity contribution in [2.45, 2.75) is 6.92 Å². The molecule has 0 aliphatic heterocycles. The summed E-state index contributed by atoms with van der Waals surface area (Å²) in [5.41, 5.74) is 1.20. The molecule has 0 spiro atoms. The average molecular weight is 223 g/mol. The van der Waals surface area contributed by atoms with E-state index in [4.69, 9.17) is 0 Å². The van der Waals surface area contributed by atoms with Gasteiger partial charge in [0.05, 0.1) is 0 Å². The normalized spacial score (nSPS) is 12.3. The molecular formula is C11H11Br. The lowest BCUT2D eigenvalue weighted by molar-refractivity contribution is 1.65. The summed E-state index contributed by atoms with van der Waals surface area (Å²) in [7, 11) is 0. The number of rotatable bonds is 2. The van der Waals surface area contributed by atoms with Gasteiger partial charge in [-0.05, 0) is 18.6 Å². The van der Waals surface area contributed by atoms with E-state index in [1.807, 2.05) is 43.4 Å². The Hall–Kier alpha value is -0.820. The van der Waals surface area contributed by atoms with Gasteiger partial charge in [0, 0.05) is 4.48 Å². The van der Waals surface area contributed by atoms with Gasteiger partial charge in [-0.15, -0.1) is 0 Å². The maximum absolute atomic E-state index is 3.50. The minimum absolute atomic E-state index is 1.11. The summed E-state index contributed by atoms with van der Waals surface area (Å²) in [4.78, 5) is 0. The third-order valence-corrected chi connectivity index (χ3v) is 2.21. The zero-order valence-electron chi connectivity index (χ0n) is 7.00. The molecule has 1 rings (SSSR count). The molecule has 0 aliphatic rings. The van der Waals surface area contributed by atoms with Crippen LogP contribution in [-0.4, -0.2) is 0 Å². The molecule has 0 N–H and O–H groups in total. The SMILES string of the molecule is CC=CC=C(Br)c1ccccc1. The lowest BCUT2D eigenvalue weighted by Crippen LogP contribution is -1.72. The molecule has 0 bridgehead atoms. The number of hydrogen-bond acceptors (Lipinski definition) is 0. The molecule has 1 aromatic carbocycles. The van der Waals surface area contributed by atoms with Crippen molar-refractivity contribution < 1.29 is 0 Å². The van der Waals surface area contributed by atoms with Gasteiger partial charge in [-0.3, -0.25) is 0 Å². The van der Waals surface area contributed by atoms with Crippen molar-refractivity contribution in [2.24, 2.45) is 0 Å². The molecule has 0 unspecified atom stereocenters. The van der Waals surface area contributed by atoms with Crippen LogP contribution in [0.15, 0.2) is 48.6 Å². The van der Waals surface area contributed by atoms with Crippen LogP contribution in [0, 0.1) is 0 Å². The number of allylic oxidation sites excluding steroid dienone is 3. The van der Waals surface area contributed by atoms with Crippen LogP contribution in [0.3, 0.4) is 0 Å². The summed E-state index contributed by atoms with van der Waals surface area (Å²) in [6, 6.07) is 10.2. The van der Waals surface area contributed by atoms with E-state index >= 15 is 0 Å². The summed E-state index contributed by atoms with van der Waals surface area (Å²) in [6.07, 6.45) is 6.05. The Morgan fingerprint density at radius 2 is 1.92 bits per heavy atom. The highest BCUT2D eigenvalue weighted by Crippen LogP contribution is 2.20. The molecule has 0 nitrogen and oxygen atoms in total. The van der Waals surface area contributed by atoms with Crippen LogP contribution >= 0.6 is 15.9 Å². The van der Waals surface area contributed by atoms with E-state index in [2.05, 4.69) is 28.1 Å². The molecule has 0 heterocycles. The van der Waals surface area contributed by atoms with Crippen molar-refractivity contribution in [3.8, 4) is 0 Å². The van der Waals surface area contributed by atoms with E-state index in [0.717, 1.165) is 4.48 Å². The Labute approximate surface area is 81.7 Å². The third-order valence-electron chi connectivity index (χ3n) is 1.48. The van der Waals surface area contributed by atoms with Crippen LogP contribution in [0.4, 0.5) is 0 Å². The number of hydrogen-bond donors (Lipinski definition) is 0. The molecule has 0 saturated carbocycles. The van der Waals surface area contributed by atoms with Crippen molar-refractivity contribution in [2.75, 3.05) is 0 Å². The minimum Gasteiger partial charge on any atom is -0.0876 e. The van der Waals surface area contributed by atoms with E-state index in [1.165, 1.54) is 5.56 Å². The molecule has 0 fully saturated rings. The predicted molar refractivity (Wildman–Crippen MR) is 58.2 cm³/mol. The quantitative estimate of drug-likeness (QED) is 0.664. The van der Waals surface area contributed by atoms with Crippen molar-refractivity contribution in [3.63, 3.8) is 0 Å².